The van der Waals surface area contributed by atoms with E-state index in [1.807, 2.05) is 35.7 Å². The summed E-state index contributed by atoms with van der Waals surface area (Å²) in [6.07, 6.45) is 0. The second kappa shape index (κ2) is 4.04. The van der Waals surface area contributed by atoms with Gasteiger partial charge in [0.1, 0.15) is 4.21 Å². The van der Waals surface area contributed by atoms with Crippen LogP contribution in [0, 0.1) is 0 Å². The van der Waals surface area contributed by atoms with Gasteiger partial charge in [-0.15, -0.1) is 11.3 Å². The van der Waals surface area contributed by atoms with Gasteiger partial charge in [0.25, 0.3) is 0 Å². The minimum atomic E-state index is -1.86. The third-order valence-corrected chi connectivity index (χ3v) is 3.76. The van der Waals surface area contributed by atoms with Gasteiger partial charge in [-0.3, -0.25) is 0 Å². The molecule has 0 aliphatic carbocycles. The summed E-state index contributed by atoms with van der Waals surface area (Å²) in [7, 11) is 0. The third-order valence-electron chi connectivity index (χ3n) is 1.85. The predicted molar refractivity (Wildman–Crippen MR) is 58.8 cm³/mol. The molecule has 1 heterocycles. The summed E-state index contributed by atoms with van der Waals surface area (Å²) in [6, 6.07) is 11.5. The van der Waals surface area contributed by atoms with Crippen molar-refractivity contribution in [2.75, 3.05) is 0 Å². The third kappa shape index (κ3) is 1.92. The molecule has 1 unspecified atom stereocenters. The number of rotatable bonds is 2. The molecule has 0 aliphatic heterocycles. The van der Waals surface area contributed by atoms with Gasteiger partial charge in [-0.1, -0.05) is 30.3 Å². The first-order chi connectivity index (χ1) is 6.77. The largest absolute Gasteiger partial charge is 0.302 e. The molecule has 0 saturated carbocycles. The van der Waals surface area contributed by atoms with Crippen molar-refractivity contribution in [3.63, 3.8) is 0 Å². The highest BCUT2D eigenvalue weighted by Gasteiger charge is 2.05. The Bertz CT molecular complexity index is 448. The van der Waals surface area contributed by atoms with E-state index in [9.17, 15) is 4.21 Å². The molecular formula is C10H8O2S2. The highest BCUT2D eigenvalue weighted by molar-refractivity contribution is 7.81. The zero-order valence-corrected chi connectivity index (χ0v) is 8.85. The minimum Gasteiger partial charge on any atom is -0.302 e. The van der Waals surface area contributed by atoms with Gasteiger partial charge in [-0.25, -0.2) is 4.21 Å². The average Bonchev–Trinajstić information content (AvgIpc) is 2.68. The lowest BCUT2D eigenvalue weighted by Crippen LogP contribution is -1.80. The molecule has 72 valence electrons. The van der Waals surface area contributed by atoms with Crippen molar-refractivity contribution in [1.29, 1.82) is 0 Å². The topological polar surface area (TPSA) is 37.3 Å². The van der Waals surface area contributed by atoms with Crippen LogP contribution in [0.3, 0.4) is 0 Å². The second-order valence-electron chi connectivity index (χ2n) is 2.77. The van der Waals surface area contributed by atoms with E-state index in [-0.39, 0.29) is 0 Å². The Morgan fingerprint density at radius 2 is 1.86 bits per heavy atom. The van der Waals surface area contributed by atoms with E-state index in [2.05, 4.69) is 0 Å². The van der Waals surface area contributed by atoms with Crippen molar-refractivity contribution < 1.29 is 8.76 Å². The molecule has 0 fully saturated rings. The molecule has 2 aromatic rings. The summed E-state index contributed by atoms with van der Waals surface area (Å²) >= 11 is -0.561. The molecule has 1 atom stereocenters. The first kappa shape index (κ1) is 9.58. The number of hydrogen-bond acceptors (Lipinski definition) is 2. The fourth-order valence-electron chi connectivity index (χ4n) is 1.19. The van der Waals surface area contributed by atoms with E-state index in [4.69, 9.17) is 4.55 Å². The number of thiophene rings is 1. The molecule has 4 heteroatoms. The summed E-state index contributed by atoms with van der Waals surface area (Å²) in [5.41, 5.74) is 2.06. The number of hydrogen-bond donors (Lipinski definition) is 1. The van der Waals surface area contributed by atoms with Crippen LogP contribution < -0.4 is 0 Å². The molecule has 14 heavy (non-hydrogen) atoms. The van der Waals surface area contributed by atoms with Crippen molar-refractivity contribution in [3.8, 4) is 11.1 Å². The van der Waals surface area contributed by atoms with Crippen LogP contribution in [0.1, 0.15) is 0 Å². The average molecular weight is 224 g/mol. The first-order valence-electron chi connectivity index (χ1n) is 4.02. The standard InChI is InChI=1S/C10H8O2S2/c11-14(12)10-6-9(7-13-10)8-4-2-1-3-5-8/h1-7H,(H,11,12). The zero-order chi connectivity index (χ0) is 9.97. The highest BCUT2D eigenvalue weighted by Crippen LogP contribution is 2.26. The summed E-state index contributed by atoms with van der Waals surface area (Å²) in [4.78, 5) is 0. The van der Waals surface area contributed by atoms with Gasteiger partial charge < -0.3 is 4.55 Å². The maximum atomic E-state index is 10.8. The summed E-state index contributed by atoms with van der Waals surface area (Å²) in [5.74, 6) is 0. The van der Waals surface area contributed by atoms with Crippen molar-refractivity contribution >= 4 is 22.4 Å². The van der Waals surface area contributed by atoms with Gasteiger partial charge in [0.2, 0.25) is 0 Å². The van der Waals surface area contributed by atoms with Crippen molar-refractivity contribution in [2.24, 2.45) is 0 Å². The summed E-state index contributed by atoms with van der Waals surface area (Å²) < 4.78 is 20.1. The van der Waals surface area contributed by atoms with E-state index < -0.39 is 11.1 Å². The fraction of sp³-hybridized carbons (Fsp3) is 0. The van der Waals surface area contributed by atoms with Crippen LogP contribution in [-0.4, -0.2) is 8.76 Å². The van der Waals surface area contributed by atoms with Gasteiger partial charge in [-0.2, -0.15) is 0 Å². The van der Waals surface area contributed by atoms with Crippen molar-refractivity contribution in [3.05, 3.63) is 41.8 Å². The zero-order valence-electron chi connectivity index (χ0n) is 7.21. The second-order valence-corrected chi connectivity index (χ2v) is 4.88. The van der Waals surface area contributed by atoms with E-state index in [1.165, 1.54) is 11.3 Å². The molecule has 1 aromatic heterocycles. The molecule has 0 bridgehead atoms. The van der Waals surface area contributed by atoms with Gasteiger partial charge in [0.05, 0.1) is 0 Å². The van der Waals surface area contributed by atoms with Crippen LogP contribution in [0.25, 0.3) is 11.1 Å². The Balaban J connectivity index is 2.39. The Labute approximate surface area is 88.5 Å². The first-order valence-corrected chi connectivity index (χ1v) is 6.01. The van der Waals surface area contributed by atoms with Crippen LogP contribution >= 0.6 is 11.3 Å². The summed E-state index contributed by atoms with van der Waals surface area (Å²) in [5, 5.41) is 1.89. The lowest BCUT2D eigenvalue weighted by atomic mass is 10.1. The predicted octanol–water partition coefficient (Wildman–Crippen LogP) is 3.00. The van der Waals surface area contributed by atoms with Gasteiger partial charge in [0, 0.05) is 0 Å². The van der Waals surface area contributed by atoms with E-state index in [0.29, 0.717) is 4.21 Å². The molecule has 0 spiro atoms. The maximum Gasteiger partial charge on any atom is 0.196 e. The Kier molecular flexibility index (Phi) is 2.77. The molecule has 0 aliphatic rings. The maximum absolute atomic E-state index is 10.8. The van der Waals surface area contributed by atoms with E-state index in [0.717, 1.165) is 11.1 Å². The normalized spacial score (nSPS) is 12.6. The molecule has 2 rings (SSSR count). The number of benzene rings is 1. The SMILES string of the molecule is O=S(O)c1cc(-c2ccccc2)cs1. The Morgan fingerprint density at radius 1 is 1.14 bits per heavy atom. The van der Waals surface area contributed by atoms with Crippen LogP contribution in [0.2, 0.25) is 0 Å². The summed E-state index contributed by atoms with van der Waals surface area (Å²) in [6.45, 7) is 0. The monoisotopic (exact) mass is 224 g/mol. The fourth-order valence-corrected chi connectivity index (χ4v) is 2.53. The lowest BCUT2D eigenvalue weighted by molar-refractivity contribution is 0.566. The van der Waals surface area contributed by atoms with Crippen LogP contribution in [0.4, 0.5) is 0 Å². The van der Waals surface area contributed by atoms with Crippen molar-refractivity contribution in [2.45, 2.75) is 4.21 Å². The van der Waals surface area contributed by atoms with E-state index in [1.54, 1.807) is 6.07 Å². The Hall–Kier alpha value is -0.970. The molecule has 0 saturated heterocycles. The van der Waals surface area contributed by atoms with Gasteiger partial charge >= 0.3 is 0 Å². The van der Waals surface area contributed by atoms with Crippen molar-refractivity contribution in [1.82, 2.24) is 0 Å². The van der Waals surface area contributed by atoms with Gasteiger partial charge in [-0.05, 0) is 22.6 Å². The van der Waals surface area contributed by atoms with Crippen LogP contribution in [0.15, 0.2) is 46.0 Å². The minimum absolute atomic E-state index is 0.490. The molecule has 1 N–H and O–H groups in total. The Morgan fingerprint density at radius 3 is 2.43 bits per heavy atom. The highest BCUT2D eigenvalue weighted by atomic mass is 32.2. The lowest BCUT2D eigenvalue weighted by Gasteiger charge is -1.94. The van der Waals surface area contributed by atoms with E-state index >= 15 is 0 Å². The molecule has 2 nitrogen and oxygen atoms in total. The van der Waals surface area contributed by atoms with Gasteiger partial charge in [0.15, 0.2) is 11.1 Å². The van der Waals surface area contributed by atoms with Crippen LogP contribution in [-0.2, 0) is 11.1 Å². The quantitative estimate of drug-likeness (QED) is 0.796. The molecule has 0 amide bonds. The van der Waals surface area contributed by atoms with Crippen LogP contribution in [0.5, 0.6) is 0 Å². The smallest absolute Gasteiger partial charge is 0.196 e. The molecule has 0 radical (unpaired) electrons. The molecular weight excluding hydrogens is 216 g/mol. The molecule has 1 aromatic carbocycles.